The Kier molecular flexibility index (Phi) is 3.75. The average Bonchev–Trinajstić information content (AvgIpc) is 2.55. The first kappa shape index (κ1) is 13.5. The van der Waals surface area contributed by atoms with Crippen LogP contribution in [0.2, 0.25) is 0 Å². The predicted octanol–water partition coefficient (Wildman–Crippen LogP) is 1.26. The van der Waals surface area contributed by atoms with Gasteiger partial charge in [-0.1, -0.05) is 0 Å². The van der Waals surface area contributed by atoms with Crippen LogP contribution in [0.25, 0.3) is 0 Å². The zero-order chi connectivity index (χ0) is 13.3. The van der Waals surface area contributed by atoms with E-state index in [1.165, 1.54) is 0 Å². The lowest BCUT2D eigenvalue weighted by Crippen LogP contribution is -2.53. The normalized spacial score (nSPS) is 24.4. The smallest absolute Gasteiger partial charge is 0.208 e. The molecule has 0 spiro atoms. The van der Waals surface area contributed by atoms with Crippen molar-refractivity contribution in [2.45, 2.75) is 45.9 Å². The molecule has 18 heavy (non-hydrogen) atoms. The summed E-state index contributed by atoms with van der Waals surface area (Å²) in [6.07, 6.45) is -0.133. The molecule has 1 aromatic rings. The second-order valence-electron chi connectivity index (χ2n) is 5.60. The maximum atomic E-state index is 9.26. The zero-order valence-electron chi connectivity index (χ0n) is 11.6. The van der Waals surface area contributed by atoms with E-state index in [0.29, 0.717) is 13.1 Å². The van der Waals surface area contributed by atoms with Crippen molar-refractivity contribution in [1.82, 2.24) is 9.88 Å². The first-order valence-electron chi connectivity index (χ1n) is 6.33. The van der Waals surface area contributed by atoms with E-state index in [9.17, 15) is 5.11 Å². The Morgan fingerprint density at radius 2 is 2.17 bits per heavy atom. The molecule has 2 heterocycles. The molecule has 1 aromatic heterocycles. The maximum absolute atomic E-state index is 9.26. The summed E-state index contributed by atoms with van der Waals surface area (Å²) in [6.45, 7) is 10.2. The van der Waals surface area contributed by atoms with Crippen molar-refractivity contribution >= 4 is 0 Å². The molecule has 0 bridgehead atoms. The van der Waals surface area contributed by atoms with Crippen LogP contribution in [0, 0.1) is 13.8 Å². The molecule has 1 atom stereocenters. The fraction of sp³-hybridized carbons (Fsp3) is 0.769. The molecule has 0 amide bonds. The van der Waals surface area contributed by atoms with Crippen molar-refractivity contribution in [1.29, 1.82) is 0 Å². The number of morpholine rings is 1. The Balaban J connectivity index is 2.04. The minimum absolute atomic E-state index is 0.0452. The molecule has 1 aliphatic heterocycles. The highest BCUT2D eigenvalue weighted by atomic mass is 16.5. The Hall–Kier alpha value is -0.910. The van der Waals surface area contributed by atoms with Crippen LogP contribution in [0.1, 0.15) is 31.2 Å². The number of aliphatic hydroxyl groups is 1. The van der Waals surface area contributed by atoms with Gasteiger partial charge < -0.3 is 14.3 Å². The fourth-order valence-corrected chi connectivity index (χ4v) is 2.43. The largest absolute Gasteiger partial charge is 0.444 e. The van der Waals surface area contributed by atoms with Crippen molar-refractivity contribution in [3.05, 3.63) is 17.3 Å². The molecule has 5 heteroatoms. The topological polar surface area (TPSA) is 58.7 Å². The molecule has 1 unspecified atom stereocenters. The van der Waals surface area contributed by atoms with Crippen molar-refractivity contribution in [3.63, 3.8) is 0 Å². The fourth-order valence-electron chi connectivity index (χ4n) is 2.43. The average molecular weight is 254 g/mol. The third-order valence-electron chi connectivity index (χ3n) is 3.19. The van der Waals surface area contributed by atoms with E-state index in [1.54, 1.807) is 0 Å². The molecule has 1 aliphatic rings. The highest BCUT2D eigenvalue weighted by Gasteiger charge is 2.33. The number of oxazole rings is 1. The van der Waals surface area contributed by atoms with Gasteiger partial charge in [0.1, 0.15) is 5.76 Å². The Morgan fingerprint density at radius 1 is 1.44 bits per heavy atom. The van der Waals surface area contributed by atoms with Gasteiger partial charge in [-0.25, -0.2) is 4.98 Å². The van der Waals surface area contributed by atoms with Gasteiger partial charge in [-0.2, -0.15) is 0 Å². The molecule has 1 N–H and O–H groups in total. The van der Waals surface area contributed by atoms with E-state index in [2.05, 4.69) is 9.88 Å². The Bertz CT molecular complexity index is 395. The first-order chi connectivity index (χ1) is 8.39. The van der Waals surface area contributed by atoms with Crippen molar-refractivity contribution < 1.29 is 14.3 Å². The summed E-state index contributed by atoms with van der Waals surface area (Å²) >= 11 is 0. The number of hydrogen-bond acceptors (Lipinski definition) is 5. The second-order valence-corrected chi connectivity index (χ2v) is 5.60. The van der Waals surface area contributed by atoms with Crippen LogP contribution in [0.5, 0.6) is 0 Å². The second kappa shape index (κ2) is 4.99. The van der Waals surface area contributed by atoms with E-state index in [0.717, 1.165) is 23.9 Å². The lowest BCUT2D eigenvalue weighted by Gasteiger charge is -2.41. The molecule has 1 fully saturated rings. The number of hydrogen-bond donors (Lipinski definition) is 1. The maximum Gasteiger partial charge on any atom is 0.208 e. The van der Waals surface area contributed by atoms with Crippen LogP contribution in [0.4, 0.5) is 0 Å². The van der Waals surface area contributed by atoms with Gasteiger partial charge >= 0.3 is 0 Å². The molecular formula is C13H22N2O3. The molecule has 0 radical (unpaired) electrons. The lowest BCUT2D eigenvalue weighted by atomic mass is 10.1. The van der Waals surface area contributed by atoms with Crippen LogP contribution in [0.15, 0.2) is 4.42 Å². The van der Waals surface area contributed by atoms with Gasteiger partial charge in [0.2, 0.25) is 5.89 Å². The third kappa shape index (κ3) is 3.10. The molecule has 0 aromatic carbocycles. The number of aliphatic hydroxyl groups excluding tert-OH is 1. The van der Waals surface area contributed by atoms with E-state index >= 15 is 0 Å². The Morgan fingerprint density at radius 3 is 2.72 bits per heavy atom. The van der Waals surface area contributed by atoms with E-state index < -0.39 is 0 Å². The third-order valence-corrected chi connectivity index (χ3v) is 3.19. The number of ether oxygens (including phenoxy) is 1. The van der Waals surface area contributed by atoms with E-state index in [-0.39, 0.29) is 18.3 Å². The molecule has 102 valence electrons. The van der Waals surface area contributed by atoms with E-state index in [1.807, 2.05) is 27.7 Å². The van der Waals surface area contributed by atoms with Crippen molar-refractivity contribution in [3.8, 4) is 0 Å². The molecule has 0 aliphatic carbocycles. The van der Waals surface area contributed by atoms with Gasteiger partial charge in [-0.15, -0.1) is 0 Å². The van der Waals surface area contributed by atoms with Crippen LogP contribution in [-0.2, 0) is 11.3 Å². The highest BCUT2D eigenvalue weighted by molar-refractivity contribution is 5.05. The lowest BCUT2D eigenvalue weighted by molar-refractivity contribution is -0.151. The molecule has 2 rings (SSSR count). The number of aromatic nitrogens is 1. The first-order valence-corrected chi connectivity index (χ1v) is 6.33. The summed E-state index contributed by atoms with van der Waals surface area (Å²) in [4.78, 5) is 6.61. The molecular weight excluding hydrogens is 232 g/mol. The summed E-state index contributed by atoms with van der Waals surface area (Å²) in [5.74, 6) is 1.61. The van der Waals surface area contributed by atoms with Gasteiger partial charge in [0.05, 0.1) is 30.6 Å². The number of nitrogens with zero attached hydrogens (tertiary/aromatic N) is 2. The van der Waals surface area contributed by atoms with Crippen LogP contribution >= 0.6 is 0 Å². The van der Waals surface area contributed by atoms with Crippen molar-refractivity contribution in [2.24, 2.45) is 0 Å². The van der Waals surface area contributed by atoms with E-state index in [4.69, 9.17) is 9.15 Å². The summed E-state index contributed by atoms with van der Waals surface area (Å²) in [5.41, 5.74) is 0.693. The predicted molar refractivity (Wildman–Crippen MR) is 67.3 cm³/mol. The minimum atomic E-state index is -0.248. The van der Waals surface area contributed by atoms with Crippen LogP contribution < -0.4 is 0 Å². The van der Waals surface area contributed by atoms with Crippen molar-refractivity contribution in [2.75, 3.05) is 19.7 Å². The summed E-state index contributed by atoms with van der Waals surface area (Å²) in [5, 5.41) is 9.26. The number of aryl methyl sites for hydroxylation is 2. The van der Waals surface area contributed by atoms with Crippen LogP contribution in [0.3, 0.4) is 0 Å². The minimum Gasteiger partial charge on any atom is -0.444 e. The summed E-state index contributed by atoms with van der Waals surface area (Å²) in [6, 6.07) is 0. The van der Waals surface area contributed by atoms with Gasteiger partial charge in [0, 0.05) is 13.1 Å². The van der Waals surface area contributed by atoms with Gasteiger partial charge in [-0.3, -0.25) is 4.90 Å². The van der Waals surface area contributed by atoms with Gasteiger partial charge in [-0.05, 0) is 27.7 Å². The Labute approximate surface area is 108 Å². The summed E-state index contributed by atoms with van der Waals surface area (Å²) < 4.78 is 11.4. The summed E-state index contributed by atoms with van der Waals surface area (Å²) in [7, 11) is 0. The molecule has 0 saturated carbocycles. The zero-order valence-corrected chi connectivity index (χ0v) is 11.6. The molecule has 5 nitrogen and oxygen atoms in total. The SMILES string of the molecule is Cc1nc(CN2CC(CO)OC(C)(C)C2)oc1C. The molecule has 1 saturated heterocycles. The number of rotatable bonds is 3. The van der Waals surface area contributed by atoms with Gasteiger partial charge in [0.25, 0.3) is 0 Å². The monoisotopic (exact) mass is 254 g/mol. The highest BCUT2D eigenvalue weighted by Crippen LogP contribution is 2.22. The van der Waals surface area contributed by atoms with Crippen LogP contribution in [-0.4, -0.2) is 46.4 Å². The standard InChI is InChI=1S/C13H22N2O3/c1-9-10(2)17-12(14-9)6-15-5-11(7-16)18-13(3,4)8-15/h11,16H,5-8H2,1-4H3. The quantitative estimate of drug-likeness (QED) is 0.880. The van der Waals surface area contributed by atoms with Gasteiger partial charge in [0.15, 0.2) is 0 Å².